The van der Waals surface area contributed by atoms with Crippen LogP contribution in [-0.4, -0.2) is 45.6 Å². The van der Waals surface area contributed by atoms with E-state index in [2.05, 4.69) is 4.98 Å². The number of carbonyl (C=O) groups excluding carboxylic acids is 4. The van der Waals surface area contributed by atoms with Crippen LogP contribution in [0.3, 0.4) is 0 Å². The third-order valence-electron chi connectivity index (χ3n) is 5.36. The van der Waals surface area contributed by atoms with E-state index < -0.39 is 29.9 Å². The molecule has 152 valence electrons. The van der Waals surface area contributed by atoms with Gasteiger partial charge in [0.05, 0.1) is 11.1 Å². The van der Waals surface area contributed by atoms with Crippen LogP contribution in [0.1, 0.15) is 50.6 Å². The zero-order chi connectivity index (χ0) is 21.6. The predicted octanol–water partition coefficient (Wildman–Crippen LogP) is 3.28. The lowest BCUT2D eigenvalue weighted by molar-refractivity contribution is -0.150. The Labute approximate surface area is 172 Å². The highest BCUT2D eigenvalue weighted by Crippen LogP contribution is 2.26. The van der Waals surface area contributed by atoms with Gasteiger partial charge in [0, 0.05) is 22.2 Å². The Hall–Kier alpha value is -3.74. The van der Waals surface area contributed by atoms with Gasteiger partial charge in [-0.3, -0.25) is 19.3 Å². The van der Waals surface area contributed by atoms with Crippen LogP contribution in [0.2, 0.25) is 0 Å². The Morgan fingerprint density at radius 3 is 2.13 bits per heavy atom. The number of para-hydroxylation sites is 1. The summed E-state index contributed by atoms with van der Waals surface area (Å²) >= 11 is 0. The second-order valence-electron chi connectivity index (χ2n) is 7.32. The van der Waals surface area contributed by atoms with Gasteiger partial charge in [0.1, 0.15) is 6.04 Å². The van der Waals surface area contributed by atoms with E-state index in [0.29, 0.717) is 11.3 Å². The molecule has 1 aliphatic heterocycles. The van der Waals surface area contributed by atoms with E-state index in [-0.39, 0.29) is 16.9 Å². The van der Waals surface area contributed by atoms with Gasteiger partial charge >= 0.3 is 5.97 Å². The van der Waals surface area contributed by atoms with E-state index in [4.69, 9.17) is 4.74 Å². The quantitative estimate of drug-likeness (QED) is 0.400. The molecule has 1 N–H and O–H groups in total. The number of esters is 1. The van der Waals surface area contributed by atoms with Crippen LogP contribution in [-0.2, 0) is 9.53 Å². The van der Waals surface area contributed by atoms with Gasteiger partial charge in [-0.05, 0) is 39.0 Å². The number of hydrogen-bond donors (Lipinski definition) is 1. The van der Waals surface area contributed by atoms with Crippen molar-refractivity contribution in [3.05, 3.63) is 70.9 Å². The molecule has 0 saturated carbocycles. The smallest absolute Gasteiger partial charge is 0.329 e. The minimum absolute atomic E-state index is 0.251. The molecule has 2 aromatic carbocycles. The number of nitrogens with zero attached hydrogens (tertiary/aromatic N) is 1. The Morgan fingerprint density at radius 2 is 1.50 bits per heavy atom. The molecule has 0 fully saturated rings. The molecule has 2 unspecified atom stereocenters. The molecule has 0 bridgehead atoms. The summed E-state index contributed by atoms with van der Waals surface area (Å²) in [5.41, 5.74) is 2.45. The number of rotatable bonds is 5. The minimum atomic E-state index is -1.16. The maximum Gasteiger partial charge on any atom is 0.329 e. The van der Waals surface area contributed by atoms with Gasteiger partial charge in [0.15, 0.2) is 6.10 Å². The summed E-state index contributed by atoms with van der Waals surface area (Å²) in [4.78, 5) is 54.8. The standard InChI is InChI=1S/C23H20N2O5/c1-12-19(17-10-6-7-11-18(17)24-12)20(26)14(3)30-23(29)13(2)25-21(27)15-8-4-5-9-16(15)22(25)28/h4-11,13-14,24H,1-3H3. The Morgan fingerprint density at radius 1 is 0.933 bits per heavy atom. The first kappa shape index (κ1) is 19.6. The van der Waals surface area contributed by atoms with Crippen molar-refractivity contribution in [2.75, 3.05) is 0 Å². The largest absolute Gasteiger partial charge is 0.453 e. The lowest BCUT2D eigenvalue weighted by Gasteiger charge is -2.22. The first-order valence-electron chi connectivity index (χ1n) is 9.60. The van der Waals surface area contributed by atoms with Crippen molar-refractivity contribution in [2.24, 2.45) is 0 Å². The van der Waals surface area contributed by atoms with Crippen LogP contribution in [0.15, 0.2) is 48.5 Å². The summed E-state index contributed by atoms with van der Waals surface area (Å²) in [5.74, 6) is -2.27. The maximum atomic E-state index is 13.0. The number of amides is 2. The number of aromatic nitrogens is 1. The molecule has 0 saturated heterocycles. The zero-order valence-electron chi connectivity index (χ0n) is 16.8. The lowest BCUT2D eigenvalue weighted by Crippen LogP contribution is -2.45. The fourth-order valence-electron chi connectivity index (χ4n) is 3.79. The normalized spacial score (nSPS) is 15.2. The topological polar surface area (TPSA) is 96.5 Å². The first-order valence-corrected chi connectivity index (χ1v) is 9.60. The Kier molecular flexibility index (Phi) is 4.73. The number of benzene rings is 2. The van der Waals surface area contributed by atoms with Crippen LogP contribution in [0, 0.1) is 6.92 Å². The monoisotopic (exact) mass is 404 g/mol. The third-order valence-corrected chi connectivity index (χ3v) is 5.36. The molecule has 2 atom stereocenters. The van der Waals surface area contributed by atoms with E-state index in [9.17, 15) is 19.2 Å². The van der Waals surface area contributed by atoms with Crippen molar-refractivity contribution in [1.29, 1.82) is 0 Å². The number of nitrogens with one attached hydrogen (secondary N) is 1. The average molecular weight is 404 g/mol. The molecule has 7 heteroatoms. The molecule has 2 amide bonds. The molecule has 3 aromatic rings. The maximum absolute atomic E-state index is 13.0. The number of carbonyl (C=O) groups is 4. The Bertz CT molecular complexity index is 1170. The van der Waals surface area contributed by atoms with Gasteiger partial charge in [-0.1, -0.05) is 30.3 Å². The molecule has 30 heavy (non-hydrogen) atoms. The fourth-order valence-corrected chi connectivity index (χ4v) is 3.79. The van der Waals surface area contributed by atoms with Crippen molar-refractivity contribution in [2.45, 2.75) is 32.9 Å². The van der Waals surface area contributed by atoms with Crippen LogP contribution in [0.4, 0.5) is 0 Å². The van der Waals surface area contributed by atoms with E-state index in [1.807, 2.05) is 24.3 Å². The molecule has 0 aliphatic carbocycles. The molecular formula is C23H20N2O5. The molecule has 4 rings (SSSR count). The number of ether oxygens (including phenoxy) is 1. The summed E-state index contributed by atoms with van der Waals surface area (Å²) in [6.45, 7) is 4.68. The highest BCUT2D eigenvalue weighted by atomic mass is 16.5. The lowest BCUT2D eigenvalue weighted by atomic mass is 10.0. The number of imide groups is 1. The molecule has 7 nitrogen and oxygen atoms in total. The van der Waals surface area contributed by atoms with E-state index >= 15 is 0 Å². The van der Waals surface area contributed by atoms with Gasteiger partial charge in [-0.2, -0.15) is 0 Å². The number of aromatic amines is 1. The average Bonchev–Trinajstić information content (AvgIpc) is 3.20. The van der Waals surface area contributed by atoms with Gasteiger partial charge in [-0.25, -0.2) is 4.79 Å². The van der Waals surface area contributed by atoms with Gasteiger partial charge in [0.2, 0.25) is 5.78 Å². The molecule has 0 spiro atoms. The second kappa shape index (κ2) is 7.26. The molecule has 2 heterocycles. The van der Waals surface area contributed by atoms with Gasteiger partial charge < -0.3 is 9.72 Å². The van der Waals surface area contributed by atoms with E-state index in [0.717, 1.165) is 15.8 Å². The summed E-state index contributed by atoms with van der Waals surface area (Å²) in [6, 6.07) is 12.6. The van der Waals surface area contributed by atoms with Crippen LogP contribution in [0.25, 0.3) is 10.9 Å². The number of hydrogen-bond acceptors (Lipinski definition) is 5. The van der Waals surface area contributed by atoms with Crippen LogP contribution in [0.5, 0.6) is 0 Å². The molecular weight excluding hydrogens is 384 g/mol. The van der Waals surface area contributed by atoms with Crippen molar-refractivity contribution in [3.63, 3.8) is 0 Å². The Balaban J connectivity index is 1.52. The SMILES string of the molecule is Cc1[nH]c2ccccc2c1C(=O)C(C)OC(=O)C(C)N1C(=O)c2ccccc2C1=O. The number of ketones is 1. The summed E-state index contributed by atoms with van der Waals surface area (Å²) in [7, 11) is 0. The van der Waals surface area contributed by atoms with Gasteiger partial charge in [0.25, 0.3) is 11.8 Å². The second-order valence-corrected chi connectivity index (χ2v) is 7.32. The summed E-state index contributed by atoms with van der Waals surface area (Å²) < 4.78 is 5.36. The number of Topliss-reactive ketones (excluding diaryl/α,β-unsaturated/α-hetero) is 1. The highest BCUT2D eigenvalue weighted by Gasteiger charge is 2.42. The minimum Gasteiger partial charge on any atom is -0.453 e. The van der Waals surface area contributed by atoms with E-state index in [1.165, 1.54) is 13.8 Å². The van der Waals surface area contributed by atoms with Gasteiger partial charge in [-0.15, -0.1) is 0 Å². The zero-order valence-corrected chi connectivity index (χ0v) is 16.8. The van der Waals surface area contributed by atoms with Crippen LogP contribution < -0.4 is 0 Å². The molecule has 1 aromatic heterocycles. The molecule has 0 radical (unpaired) electrons. The van der Waals surface area contributed by atoms with E-state index in [1.54, 1.807) is 31.2 Å². The third kappa shape index (κ3) is 2.99. The highest BCUT2D eigenvalue weighted by molar-refractivity contribution is 6.22. The molecule has 1 aliphatic rings. The van der Waals surface area contributed by atoms with Crippen molar-refractivity contribution in [1.82, 2.24) is 9.88 Å². The number of aryl methyl sites for hydroxylation is 1. The summed E-state index contributed by atoms with van der Waals surface area (Å²) in [6.07, 6.45) is -1.08. The first-order chi connectivity index (χ1) is 14.3. The predicted molar refractivity (Wildman–Crippen MR) is 109 cm³/mol. The number of fused-ring (bicyclic) bond motifs is 2. The van der Waals surface area contributed by atoms with Crippen molar-refractivity contribution in [3.8, 4) is 0 Å². The van der Waals surface area contributed by atoms with Crippen LogP contribution >= 0.6 is 0 Å². The van der Waals surface area contributed by atoms with Crippen molar-refractivity contribution < 1.29 is 23.9 Å². The number of H-pyrrole nitrogens is 1. The fraction of sp³-hybridized carbons (Fsp3) is 0.217. The summed E-state index contributed by atoms with van der Waals surface area (Å²) in [5, 5.41) is 0.747. The van der Waals surface area contributed by atoms with Crippen molar-refractivity contribution >= 4 is 34.5 Å².